The van der Waals surface area contributed by atoms with E-state index in [1.54, 1.807) is 0 Å². The monoisotopic (exact) mass is 206 g/mol. The van der Waals surface area contributed by atoms with E-state index in [1.165, 1.54) is 0 Å². The first kappa shape index (κ1) is 9.02. The lowest BCUT2D eigenvalue weighted by atomic mass is 10.1. The number of anilines is 1. The molecule has 0 saturated heterocycles. The van der Waals surface area contributed by atoms with Crippen LogP contribution < -0.4 is 10.6 Å². The summed E-state index contributed by atoms with van der Waals surface area (Å²) in [5, 5.41) is 1.81. The van der Waals surface area contributed by atoms with Crippen LogP contribution in [-0.4, -0.2) is 4.98 Å². The molecule has 0 aliphatic carbocycles. The largest absolute Gasteiger partial charge is 0.398 e. The Balaban J connectivity index is 2.62. The van der Waals surface area contributed by atoms with Gasteiger partial charge in [0.2, 0.25) is 0 Å². The van der Waals surface area contributed by atoms with Crippen molar-refractivity contribution >= 4 is 17.0 Å². The molecule has 2 aromatic rings. The molecule has 1 heterocycles. The van der Waals surface area contributed by atoms with Gasteiger partial charge in [0.25, 0.3) is 0 Å². The van der Waals surface area contributed by atoms with E-state index in [2.05, 4.69) is 4.98 Å². The van der Waals surface area contributed by atoms with Crippen LogP contribution in [0.3, 0.4) is 0 Å². The van der Waals surface area contributed by atoms with Crippen molar-refractivity contribution in [1.82, 2.24) is 4.98 Å². The van der Waals surface area contributed by atoms with Gasteiger partial charge in [0.05, 0.1) is 5.69 Å². The van der Waals surface area contributed by atoms with E-state index >= 15 is 0 Å². The molecular formula is C10H10N2OS. The summed E-state index contributed by atoms with van der Waals surface area (Å²) in [6.45, 7) is 1.95. The van der Waals surface area contributed by atoms with Gasteiger partial charge in [-0.2, -0.15) is 0 Å². The van der Waals surface area contributed by atoms with Gasteiger partial charge in [0, 0.05) is 16.6 Å². The Bertz CT molecular complexity index is 513. The highest BCUT2D eigenvalue weighted by Crippen LogP contribution is 2.25. The first-order valence-electron chi connectivity index (χ1n) is 4.22. The van der Waals surface area contributed by atoms with Crippen LogP contribution in [0.15, 0.2) is 28.4 Å². The fourth-order valence-corrected chi connectivity index (χ4v) is 1.94. The molecule has 0 fully saturated rings. The predicted octanol–water partition coefficient (Wildman–Crippen LogP) is 1.99. The van der Waals surface area contributed by atoms with Crippen LogP contribution in [0, 0.1) is 6.92 Å². The van der Waals surface area contributed by atoms with Gasteiger partial charge in [-0.1, -0.05) is 23.5 Å². The fraction of sp³-hybridized carbons (Fsp3) is 0.100. The van der Waals surface area contributed by atoms with E-state index in [0.717, 1.165) is 33.8 Å². The lowest BCUT2D eigenvalue weighted by Gasteiger charge is -2.05. The Labute approximate surface area is 85.2 Å². The van der Waals surface area contributed by atoms with Gasteiger partial charge in [-0.3, -0.25) is 4.79 Å². The minimum atomic E-state index is -0.0400. The summed E-state index contributed by atoms with van der Waals surface area (Å²) in [6.07, 6.45) is 0. The van der Waals surface area contributed by atoms with Crippen molar-refractivity contribution < 1.29 is 0 Å². The second kappa shape index (κ2) is 3.31. The van der Waals surface area contributed by atoms with Crippen molar-refractivity contribution in [3.63, 3.8) is 0 Å². The topological polar surface area (TPSA) is 58.9 Å². The quantitative estimate of drug-likeness (QED) is 0.701. The Morgan fingerprint density at radius 3 is 2.86 bits per heavy atom. The van der Waals surface area contributed by atoms with E-state index < -0.39 is 0 Å². The van der Waals surface area contributed by atoms with Crippen molar-refractivity contribution in [3.8, 4) is 11.3 Å². The molecule has 0 unspecified atom stereocenters. The van der Waals surface area contributed by atoms with Crippen molar-refractivity contribution in [2.75, 3.05) is 5.73 Å². The molecule has 4 heteroatoms. The van der Waals surface area contributed by atoms with Crippen LogP contribution in [0.5, 0.6) is 0 Å². The molecule has 0 saturated carbocycles. The number of H-pyrrole nitrogens is 1. The number of hydrogen-bond donors (Lipinski definition) is 2. The second-order valence-corrected chi connectivity index (χ2v) is 3.92. The summed E-state index contributed by atoms with van der Waals surface area (Å²) in [5.74, 6) is 0. The smallest absolute Gasteiger partial charge is 0.304 e. The zero-order valence-electron chi connectivity index (χ0n) is 7.70. The van der Waals surface area contributed by atoms with E-state index in [0.29, 0.717) is 0 Å². The average Bonchev–Trinajstić information content (AvgIpc) is 2.57. The summed E-state index contributed by atoms with van der Waals surface area (Å²) in [6, 6.07) is 5.68. The van der Waals surface area contributed by atoms with E-state index in [-0.39, 0.29) is 4.87 Å². The maximum atomic E-state index is 11.0. The van der Waals surface area contributed by atoms with Crippen LogP contribution in [0.25, 0.3) is 11.3 Å². The first-order chi connectivity index (χ1) is 6.68. The number of nitrogens with two attached hydrogens (primary N) is 1. The average molecular weight is 206 g/mol. The Morgan fingerprint density at radius 2 is 2.21 bits per heavy atom. The molecule has 14 heavy (non-hydrogen) atoms. The van der Waals surface area contributed by atoms with Gasteiger partial charge in [-0.15, -0.1) is 0 Å². The molecule has 2 rings (SSSR count). The van der Waals surface area contributed by atoms with Gasteiger partial charge >= 0.3 is 4.87 Å². The van der Waals surface area contributed by atoms with Crippen LogP contribution in [0.4, 0.5) is 5.69 Å². The van der Waals surface area contributed by atoms with Gasteiger partial charge in [-0.05, 0) is 18.6 Å². The maximum absolute atomic E-state index is 11.0. The standard InChI is InChI=1S/C10H10N2OS/c1-6-7(3-2-4-8(6)11)9-5-14-10(13)12-9/h2-5H,11H2,1H3,(H,12,13). The maximum Gasteiger partial charge on any atom is 0.304 e. The van der Waals surface area contributed by atoms with E-state index in [9.17, 15) is 4.79 Å². The number of rotatable bonds is 1. The van der Waals surface area contributed by atoms with Crippen molar-refractivity contribution in [2.45, 2.75) is 6.92 Å². The van der Waals surface area contributed by atoms with Gasteiger partial charge < -0.3 is 10.7 Å². The van der Waals surface area contributed by atoms with Gasteiger partial charge in [0.1, 0.15) is 0 Å². The van der Waals surface area contributed by atoms with E-state index in [1.807, 2.05) is 30.5 Å². The summed E-state index contributed by atoms with van der Waals surface area (Å²) >= 11 is 1.16. The zero-order valence-corrected chi connectivity index (χ0v) is 8.52. The lowest BCUT2D eigenvalue weighted by Crippen LogP contribution is -1.95. The van der Waals surface area contributed by atoms with Crippen LogP contribution in [0.2, 0.25) is 0 Å². The fourth-order valence-electron chi connectivity index (χ4n) is 1.36. The first-order valence-corrected chi connectivity index (χ1v) is 5.09. The number of benzene rings is 1. The minimum Gasteiger partial charge on any atom is -0.398 e. The molecule has 0 spiro atoms. The molecule has 0 radical (unpaired) electrons. The number of hydrogen-bond acceptors (Lipinski definition) is 3. The van der Waals surface area contributed by atoms with Crippen LogP contribution >= 0.6 is 11.3 Å². The molecule has 0 amide bonds. The third kappa shape index (κ3) is 1.44. The van der Waals surface area contributed by atoms with Gasteiger partial charge in [0.15, 0.2) is 0 Å². The summed E-state index contributed by atoms with van der Waals surface area (Å²) in [7, 11) is 0. The third-order valence-electron chi connectivity index (χ3n) is 2.19. The predicted molar refractivity (Wildman–Crippen MR) is 59.5 cm³/mol. The molecule has 1 aromatic carbocycles. The highest BCUT2D eigenvalue weighted by Gasteiger charge is 2.05. The molecule has 72 valence electrons. The molecule has 3 nitrogen and oxygen atoms in total. The molecule has 0 atom stereocenters. The number of nitrogen functional groups attached to an aromatic ring is 1. The van der Waals surface area contributed by atoms with Crippen molar-refractivity contribution in [3.05, 3.63) is 38.8 Å². The summed E-state index contributed by atoms with van der Waals surface area (Å²) in [5.41, 5.74) is 9.35. The molecule has 1 aromatic heterocycles. The minimum absolute atomic E-state index is 0.0400. The third-order valence-corrected chi connectivity index (χ3v) is 2.86. The summed E-state index contributed by atoms with van der Waals surface area (Å²) < 4.78 is 0. The van der Waals surface area contributed by atoms with Crippen molar-refractivity contribution in [1.29, 1.82) is 0 Å². The molecule has 0 aliphatic heterocycles. The summed E-state index contributed by atoms with van der Waals surface area (Å²) in [4.78, 5) is 13.7. The number of aromatic nitrogens is 1. The van der Waals surface area contributed by atoms with Crippen LogP contribution in [0.1, 0.15) is 5.56 Å². The number of aromatic amines is 1. The van der Waals surface area contributed by atoms with Crippen LogP contribution in [-0.2, 0) is 0 Å². The van der Waals surface area contributed by atoms with Crippen molar-refractivity contribution in [2.24, 2.45) is 0 Å². The Hall–Kier alpha value is -1.55. The SMILES string of the molecule is Cc1c(N)cccc1-c1csc(=O)[nH]1. The number of nitrogens with one attached hydrogen (secondary N) is 1. The lowest BCUT2D eigenvalue weighted by molar-refractivity contribution is 1.32. The zero-order chi connectivity index (χ0) is 10.1. The Morgan fingerprint density at radius 1 is 1.43 bits per heavy atom. The van der Waals surface area contributed by atoms with E-state index in [4.69, 9.17) is 5.73 Å². The highest BCUT2D eigenvalue weighted by molar-refractivity contribution is 7.07. The number of thiazole rings is 1. The molecule has 3 N–H and O–H groups in total. The van der Waals surface area contributed by atoms with Gasteiger partial charge in [-0.25, -0.2) is 0 Å². The highest BCUT2D eigenvalue weighted by atomic mass is 32.1. The second-order valence-electron chi connectivity index (χ2n) is 3.08. The molecule has 0 bridgehead atoms. The Kier molecular flexibility index (Phi) is 2.13. The molecule has 0 aliphatic rings. The normalized spacial score (nSPS) is 10.4. The molecular weight excluding hydrogens is 196 g/mol.